The van der Waals surface area contributed by atoms with Crippen molar-refractivity contribution in [1.82, 2.24) is 14.9 Å². The zero-order valence-electron chi connectivity index (χ0n) is 15.3. The molecule has 27 heavy (non-hydrogen) atoms. The molecule has 0 saturated carbocycles. The first-order valence-corrected chi connectivity index (χ1v) is 9.37. The molecule has 3 aromatic rings. The van der Waals surface area contributed by atoms with Gasteiger partial charge in [-0.15, -0.1) is 0 Å². The number of aromatic nitrogens is 2. The standard InChI is InChI=1S/C21H23FN4O/c1-2-16-4-3-9-26(16)12-13-5-7-14(8-6-13)21-24-18-11-15(22)10-17(20(23)27)19(18)25-21/h5-8,10-11,16H,2-4,9,12H2,1H3,(H2,23,27)(H,24,25). The number of nitrogens with two attached hydrogens (primary N) is 1. The van der Waals surface area contributed by atoms with Gasteiger partial charge in [0.1, 0.15) is 17.2 Å². The highest BCUT2D eigenvalue weighted by molar-refractivity contribution is 6.04. The highest BCUT2D eigenvalue weighted by atomic mass is 19.1. The van der Waals surface area contributed by atoms with Gasteiger partial charge in [0.05, 0.1) is 11.1 Å². The Kier molecular flexibility index (Phi) is 4.66. The van der Waals surface area contributed by atoms with E-state index in [-0.39, 0.29) is 5.56 Å². The second-order valence-electron chi connectivity index (χ2n) is 7.17. The van der Waals surface area contributed by atoms with Crippen molar-refractivity contribution in [3.8, 4) is 11.4 Å². The summed E-state index contributed by atoms with van der Waals surface area (Å²) in [6, 6.07) is 11.3. The Labute approximate surface area is 157 Å². The number of halogens is 1. The Morgan fingerprint density at radius 3 is 2.81 bits per heavy atom. The quantitative estimate of drug-likeness (QED) is 0.720. The van der Waals surface area contributed by atoms with Crippen LogP contribution in [0.3, 0.4) is 0 Å². The van der Waals surface area contributed by atoms with E-state index in [1.54, 1.807) is 0 Å². The molecular weight excluding hydrogens is 343 g/mol. The van der Waals surface area contributed by atoms with Gasteiger partial charge in [-0.2, -0.15) is 0 Å². The summed E-state index contributed by atoms with van der Waals surface area (Å²) in [5.74, 6) is -0.612. The molecule has 0 radical (unpaired) electrons. The minimum absolute atomic E-state index is 0.0868. The van der Waals surface area contributed by atoms with Crippen molar-refractivity contribution in [2.24, 2.45) is 5.73 Å². The summed E-state index contributed by atoms with van der Waals surface area (Å²) in [5, 5.41) is 0. The molecule has 2 heterocycles. The van der Waals surface area contributed by atoms with Crippen LogP contribution in [0.25, 0.3) is 22.4 Å². The Bertz CT molecular complexity index is 980. The zero-order valence-corrected chi connectivity index (χ0v) is 15.3. The Hall–Kier alpha value is -2.73. The van der Waals surface area contributed by atoms with E-state index in [1.807, 2.05) is 12.1 Å². The number of nitrogens with zero attached hydrogens (tertiary/aromatic N) is 2. The van der Waals surface area contributed by atoms with Crippen LogP contribution in [0, 0.1) is 5.82 Å². The molecule has 1 aliphatic rings. The van der Waals surface area contributed by atoms with E-state index in [2.05, 4.69) is 33.9 Å². The van der Waals surface area contributed by atoms with Crippen LogP contribution in [0.4, 0.5) is 4.39 Å². The fraction of sp³-hybridized carbons (Fsp3) is 0.333. The van der Waals surface area contributed by atoms with Crippen LogP contribution in [0.2, 0.25) is 0 Å². The van der Waals surface area contributed by atoms with E-state index in [9.17, 15) is 9.18 Å². The van der Waals surface area contributed by atoms with Crippen LogP contribution in [0.15, 0.2) is 36.4 Å². The molecule has 3 N–H and O–H groups in total. The van der Waals surface area contributed by atoms with Gasteiger partial charge in [0.25, 0.3) is 5.91 Å². The lowest BCUT2D eigenvalue weighted by Gasteiger charge is -2.23. The molecule has 4 rings (SSSR count). The molecule has 5 nitrogen and oxygen atoms in total. The van der Waals surface area contributed by atoms with Gasteiger partial charge in [0, 0.05) is 18.2 Å². The fourth-order valence-electron chi connectivity index (χ4n) is 3.98. The van der Waals surface area contributed by atoms with Crippen LogP contribution in [-0.2, 0) is 6.54 Å². The molecule has 1 atom stereocenters. The second kappa shape index (κ2) is 7.12. The third-order valence-corrected chi connectivity index (χ3v) is 5.40. The first-order valence-electron chi connectivity index (χ1n) is 9.37. The Morgan fingerprint density at radius 1 is 1.33 bits per heavy atom. The molecule has 1 amide bonds. The van der Waals surface area contributed by atoms with Crippen molar-refractivity contribution in [2.45, 2.75) is 38.8 Å². The number of hydrogen-bond acceptors (Lipinski definition) is 3. The number of primary amides is 1. The number of likely N-dealkylation sites (tertiary alicyclic amines) is 1. The van der Waals surface area contributed by atoms with E-state index >= 15 is 0 Å². The van der Waals surface area contributed by atoms with Gasteiger partial charge in [0.15, 0.2) is 0 Å². The van der Waals surface area contributed by atoms with Crippen molar-refractivity contribution in [3.63, 3.8) is 0 Å². The van der Waals surface area contributed by atoms with Gasteiger partial charge in [-0.3, -0.25) is 9.69 Å². The molecule has 1 aliphatic heterocycles. The maximum Gasteiger partial charge on any atom is 0.251 e. The van der Waals surface area contributed by atoms with E-state index in [0.29, 0.717) is 22.9 Å². The summed E-state index contributed by atoms with van der Waals surface area (Å²) in [5.41, 5.74) is 8.45. The topological polar surface area (TPSA) is 75.0 Å². The summed E-state index contributed by atoms with van der Waals surface area (Å²) in [7, 11) is 0. The largest absolute Gasteiger partial charge is 0.366 e. The summed E-state index contributed by atoms with van der Waals surface area (Å²) in [6.07, 6.45) is 3.75. The van der Waals surface area contributed by atoms with E-state index in [0.717, 1.165) is 24.7 Å². The summed E-state index contributed by atoms with van der Waals surface area (Å²) < 4.78 is 13.7. The maximum atomic E-state index is 13.7. The lowest BCUT2D eigenvalue weighted by molar-refractivity contribution is 0.100. The number of aromatic amines is 1. The zero-order chi connectivity index (χ0) is 19.0. The monoisotopic (exact) mass is 366 g/mol. The van der Waals surface area contributed by atoms with E-state index in [4.69, 9.17) is 5.73 Å². The van der Waals surface area contributed by atoms with Gasteiger partial charge >= 0.3 is 0 Å². The second-order valence-corrected chi connectivity index (χ2v) is 7.17. The Morgan fingerprint density at radius 2 is 2.11 bits per heavy atom. The molecule has 0 bridgehead atoms. The number of rotatable bonds is 5. The predicted octanol–water partition coefficient (Wildman–Crippen LogP) is 3.84. The van der Waals surface area contributed by atoms with Crippen LogP contribution in [0.5, 0.6) is 0 Å². The molecule has 140 valence electrons. The van der Waals surface area contributed by atoms with Crippen molar-refractivity contribution in [1.29, 1.82) is 0 Å². The molecular formula is C21H23FN4O. The number of benzene rings is 2. The molecule has 1 unspecified atom stereocenters. The smallest absolute Gasteiger partial charge is 0.251 e. The van der Waals surface area contributed by atoms with Gasteiger partial charge in [-0.05, 0) is 43.5 Å². The number of carbonyl (C=O) groups excluding carboxylic acids is 1. The predicted molar refractivity (Wildman–Crippen MR) is 104 cm³/mol. The van der Waals surface area contributed by atoms with E-state index in [1.165, 1.54) is 30.9 Å². The van der Waals surface area contributed by atoms with Gasteiger partial charge in [-0.25, -0.2) is 9.37 Å². The molecule has 1 saturated heterocycles. The molecule has 6 heteroatoms. The van der Waals surface area contributed by atoms with E-state index < -0.39 is 11.7 Å². The minimum atomic E-state index is -0.691. The molecule has 1 aromatic heterocycles. The lowest BCUT2D eigenvalue weighted by Crippen LogP contribution is -2.28. The highest BCUT2D eigenvalue weighted by Gasteiger charge is 2.22. The number of hydrogen-bond donors (Lipinski definition) is 2. The normalized spacial score (nSPS) is 17.6. The van der Waals surface area contributed by atoms with Crippen molar-refractivity contribution < 1.29 is 9.18 Å². The summed E-state index contributed by atoms with van der Waals surface area (Å²) in [6.45, 7) is 4.36. The third-order valence-electron chi connectivity index (χ3n) is 5.40. The average molecular weight is 366 g/mol. The fourth-order valence-corrected chi connectivity index (χ4v) is 3.98. The van der Waals surface area contributed by atoms with Gasteiger partial charge < -0.3 is 10.7 Å². The van der Waals surface area contributed by atoms with Crippen LogP contribution in [0.1, 0.15) is 42.1 Å². The Balaban J connectivity index is 1.60. The van der Waals surface area contributed by atoms with Crippen molar-refractivity contribution >= 4 is 16.9 Å². The molecule has 0 spiro atoms. The molecule has 1 fully saturated rings. The van der Waals surface area contributed by atoms with Crippen LogP contribution < -0.4 is 5.73 Å². The number of imidazole rings is 1. The van der Waals surface area contributed by atoms with Crippen LogP contribution in [-0.4, -0.2) is 33.4 Å². The average Bonchev–Trinajstić information content (AvgIpc) is 3.27. The number of carbonyl (C=O) groups is 1. The SMILES string of the molecule is CCC1CCCN1Cc1ccc(-c2nc3c(C(N)=O)cc(F)cc3[nH]2)cc1. The highest BCUT2D eigenvalue weighted by Crippen LogP contribution is 2.26. The van der Waals surface area contributed by atoms with Crippen molar-refractivity contribution in [3.05, 3.63) is 53.3 Å². The molecule has 0 aliphatic carbocycles. The van der Waals surface area contributed by atoms with Gasteiger partial charge in [-0.1, -0.05) is 31.2 Å². The number of amides is 1. The molecule has 2 aromatic carbocycles. The lowest BCUT2D eigenvalue weighted by atomic mass is 10.1. The number of nitrogens with one attached hydrogen (secondary N) is 1. The summed E-state index contributed by atoms with van der Waals surface area (Å²) in [4.78, 5) is 21.7. The number of fused-ring (bicyclic) bond motifs is 1. The summed E-state index contributed by atoms with van der Waals surface area (Å²) >= 11 is 0. The first-order chi connectivity index (χ1) is 13.0. The van der Waals surface area contributed by atoms with Crippen LogP contribution >= 0.6 is 0 Å². The van der Waals surface area contributed by atoms with Crippen molar-refractivity contribution in [2.75, 3.05) is 6.54 Å². The third kappa shape index (κ3) is 3.45. The maximum absolute atomic E-state index is 13.7. The minimum Gasteiger partial charge on any atom is -0.366 e. The van der Waals surface area contributed by atoms with Gasteiger partial charge in [0.2, 0.25) is 0 Å². The first kappa shape index (κ1) is 17.7. The number of H-pyrrole nitrogens is 1.